The van der Waals surface area contributed by atoms with Gasteiger partial charge in [-0.25, -0.2) is 9.97 Å². The lowest BCUT2D eigenvalue weighted by molar-refractivity contribution is 0.404. The van der Waals surface area contributed by atoms with Crippen molar-refractivity contribution in [2.45, 2.75) is 104 Å². The number of aromatic nitrogens is 2. The van der Waals surface area contributed by atoms with Gasteiger partial charge in [0.1, 0.15) is 0 Å². The lowest BCUT2D eigenvalue weighted by Gasteiger charge is -2.24. The monoisotopic (exact) mass is 392 g/mol. The number of aryl methyl sites for hydroxylation is 1. The maximum absolute atomic E-state index is 4.95. The Kier molecular flexibility index (Phi) is 8.70. The molecule has 0 aliphatic heterocycles. The molecule has 0 amide bonds. The third-order valence-corrected chi connectivity index (χ3v) is 6.70. The summed E-state index contributed by atoms with van der Waals surface area (Å²) in [4.78, 5) is 9.67. The van der Waals surface area contributed by atoms with E-state index in [9.17, 15) is 0 Å². The highest BCUT2D eigenvalue weighted by Crippen LogP contribution is 2.30. The molecule has 1 aromatic carbocycles. The zero-order valence-corrected chi connectivity index (χ0v) is 18.9. The van der Waals surface area contributed by atoms with Gasteiger partial charge < -0.3 is 0 Å². The number of benzene rings is 1. The van der Waals surface area contributed by atoms with Crippen molar-refractivity contribution in [1.29, 1.82) is 0 Å². The maximum atomic E-state index is 4.95. The van der Waals surface area contributed by atoms with E-state index >= 15 is 0 Å². The Morgan fingerprint density at radius 2 is 1.72 bits per heavy atom. The van der Waals surface area contributed by atoms with E-state index in [-0.39, 0.29) is 0 Å². The minimum Gasteiger partial charge on any atom is -0.236 e. The van der Waals surface area contributed by atoms with Crippen molar-refractivity contribution >= 4 is 0 Å². The normalized spacial score (nSPS) is 17.1. The molecular formula is C27H40N2. The summed E-state index contributed by atoms with van der Waals surface area (Å²) >= 11 is 0. The Morgan fingerprint density at radius 3 is 2.48 bits per heavy atom. The second kappa shape index (κ2) is 11.5. The smallest absolute Gasteiger partial charge is 0.159 e. The van der Waals surface area contributed by atoms with Crippen molar-refractivity contribution in [1.82, 2.24) is 9.97 Å². The lowest BCUT2D eigenvalue weighted by atomic mass is 9.84. The number of nitrogens with zero attached hydrogens (tertiary/aromatic N) is 2. The molecule has 0 bridgehead atoms. The van der Waals surface area contributed by atoms with Gasteiger partial charge in [0.25, 0.3) is 0 Å². The van der Waals surface area contributed by atoms with Gasteiger partial charge in [0.15, 0.2) is 5.82 Å². The van der Waals surface area contributed by atoms with Crippen molar-refractivity contribution in [2.75, 3.05) is 0 Å². The van der Waals surface area contributed by atoms with Crippen molar-refractivity contribution < 1.29 is 0 Å². The largest absolute Gasteiger partial charge is 0.236 e. The first-order chi connectivity index (χ1) is 14.2. The summed E-state index contributed by atoms with van der Waals surface area (Å²) in [6.45, 7) is 6.91. The molecule has 0 saturated heterocycles. The highest BCUT2D eigenvalue weighted by Gasteiger charge is 2.20. The van der Waals surface area contributed by atoms with Gasteiger partial charge in [-0.1, -0.05) is 96.4 Å². The number of unbranched alkanes of at least 4 members (excludes halogenated alkanes) is 5. The molecule has 1 aromatic heterocycles. The Bertz CT molecular complexity index is 735. The van der Waals surface area contributed by atoms with Crippen LogP contribution < -0.4 is 0 Å². The Hall–Kier alpha value is -1.70. The van der Waals surface area contributed by atoms with Gasteiger partial charge in [0, 0.05) is 17.5 Å². The molecule has 1 heterocycles. The summed E-state index contributed by atoms with van der Waals surface area (Å²) in [7, 11) is 0. The van der Waals surface area contributed by atoms with Gasteiger partial charge in [-0.3, -0.25) is 0 Å². The second-order valence-electron chi connectivity index (χ2n) is 9.14. The Balaban J connectivity index is 1.59. The van der Waals surface area contributed by atoms with Crippen LogP contribution >= 0.6 is 0 Å². The molecule has 0 saturated carbocycles. The summed E-state index contributed by atoms with van der Waals surface area (Å²) in [6.07, 6.45) is 17.8. The molecule has 1 aliphatic rings. The van der Waals surface area contributed by atoms with Gasteiger partial charge in [0.2, 0.25) is 0 Å². The van der Waals surface area contributed by atoms with E-state index in [4.69, 9.17) is 9.97 Å². The molecule has 2 unspecified atom stereocenters. The van der Waals surface area contributed by atoms with E-state index in [1.165, 1.54) is 87.4 Å². The van der Waals surface area contributed by atoms with Crippen molar-refractivity contribution in [3.05, 3.63) is 47.3 Å². The van der Waals surface area contributed by atoms with Crippen LogP contribution in [0.3, 0.4) is 0 Å². The van der Waals surface area contributed by atoms with Crippen molar-refractivity contribution in [2.24, 2.45) is 5.92 Å². The van der Waals surface area contributed by atoms with Crippen LogP contribution in [0.25, 0.3) is 11.4 Å². The minimum atomic E-state index is 0.634. The van der Waals surface area contributed by atoms with Gasteiger partial charge in [-0.2, -0.15) is 0 Å². The first-order valence-corrected chi connectivity index (χ1v) is 12.2. The zero-order valence-electron chi connectivity index (χ0n) is 18.9. The van der Waals surface area contributed by atoms with E-state index in [2.05, 4.69) is 51.2 Å². The minimum absolute atomic E-state index is 0.634. The van der Waals surface area contributed by atoms with Crippen LogP contribution in [0.4, 0.5) is 0 Å². The first-order valence-electron chi connectivity index (χ1n) is 12.2. The topological polar surface area (TPSA) is 25.8 Å². The molecule has 2 nitrogen and oxygen atoms in total. The molecular weight excluding hydrogens is 352 g/mol. The van der Waals surface area contributed by atoms with Crippen LogP contribution in [0.15, 0.2) is 30.5 Å². The predicted molar refractivity (Wildman–Crippen MR) is 124 cm³/mol. The molecule has 0 spiro atoms. The molecule has 0 fully saturated rings. The van der Waals surface area contributed by atoms with E-state index in [1.54, 1.807) is 0 Å². The highest BCUT2D eigenvalue weighted by atomic mass is 14.9. The van der Waals surface area contributed by atoms with Gasteiger partial charge in [-0.05, 0) is 48.6 Å². The predicted octanol–water partition coefficient (Wildman–Crippen LogP) is 7.90. The van der Waals surface area contributed by atoms with Gasteiger partial charge in [0.05, 0.1) is 0 Å². The van der Waals surface area contributed by atoms with E-state index in [0.29, 0.717) is 5.92 Å². The summed E-state index contributed by atoms with van der Waals surface area (Å²) in [5, 5.41) is 0. The van der Waals surface area contributed by atoms with Crippen LogP contribution in [0.5, 0.6) is 0 Å². The molecule has 2 aromatic rings. The summed E-state index contributed by atoms with van der Waals surface area (Å²) in [5.41, 5.74) is 5.27. The van der Waals surface area contributed by atoms with E-state index in [0.717, 1.165) is 23.7 Å². The Morgan fingerprint density at radius 1 is 0.966 bits per heavy atom. The molecule has 1 aliphatic carbocycles. The summed E-state index contributed by atoms with van der Waals surface area (Å²) in [5.74, 6) is 2.37. The molecule has 2 heteroatoms. The highest BCUT2D eigenvalue weighted by molar-refractivity contribution is 5.56. The van der Waals surface area contributed by atoms with Crippen LogP contribution in [0, 0.1) is 5.92 Å². The molecule has 0 radical (unpaired) electrons. The summed E-state index contributed by atoms with van der Waals surface area (Å²) in [6, 6.07) is 9.00. The third-order valence-electron chi connectivity index (χ3n) is 6.70. The van der Waals surface area contributed by atoms with E-state index in [1.807, 2.05) is 0 Å². The standard InChI is InChI=1S/C27H40N2/c1-4-6-8-10-11-21(3)23-14-16-24(17-15-23)27-28-20-25-19-22(12-9-7-5-2)13-18-26(25)29-27/h14-17,20-22H,4-13,18-19H2,1-3H3. The molecule has 158 valence electrons. The van der Waals surface area contributed by atoms with E-state index < -0.39 is 0 Å². The number of fused-ring (bicyclic) bond motifs is 1. The van der Waals surface area contributed by atoms with Crippen LogP contribution in [0.1, 0.15) is 108 Å². The third kappa shape index (κ3) is 6.39. The average Bonchev–Trinajstić information content (AvgIpc) is 2.76. The Labute approximate surface area is 178 Å². The molecule has 2 atom stereocenters. The fourth-order valence-corrected chi connectivity index (χ4v) is 4.66. The number of hydrogen-bond donors (Lipinski definition) is 0. The molecule has 0 N–H and O–H groups in total. The van der Waals surface area contributed by atoms with Gasteiger partial charge >= 0.3 is 0 Å². The number of rotatable bonds is 11. The van der Waals surface area contributed by atoms with Crippen molar-refractivity contribution in [3.63, 3.8) is 0 Å². The number of hydrogen-bond acceptors (Lipinski definition) is 2. The first kappa shape index (κ1) is 22.0. The molecule has 29 heavy (non-hydrogen) atoms. The summed E-state index contributed by atoms with van der Waals surface area (Å²) < 4.78 is 0. The quantitative estimate of drug-likeness (QED) is 0.363. The average molecular weight is 393 g/mol. The van der Waals surface area contributed by atoms with Gasteiger partial charge in [-0.15, -0.1) is 0 Å². The SMILES string of the molecule is CCCCCCC(C)c1ccc(-c2ncc3c(n2)CCC(CCCCC)C3)cc1. The second-order valence-corrected chi connectivity index (χ2v) is 9.14. The van der Waals surface area contributed by atoms with Crippen LogP contribution in [-0.4, -0.2) is 9.97 Å². The zero-order chi connectivity index (χ0) is 20.5. The maximum Gasteiger partial charge on any atom is 0.159 e. The fourth-order valence-electron chi connectivity index (χ4n) is 4.66. The lowest BCUT2D eigenvalue weighted by Crippen LogP contribution is -2.16. The fraction of sp³-hybridized carbons (Fsp3) is 0.630. The van der Waals surface area contributed by atoms with Crippen LogP contribution in [0.2, 0.25) is 0 Å². The van der Waals surface area contributed by atoms with Crippen LogP contribution in [-0.2, 0) is 12.8 Å². The van der Waals surface area contributed by atoms with Crippen molar-refractivity contribution in [3.8, 4) is 11.4 Å². The molecule has 3 rings (SSSR count).